The van der Waals surface area contributed by atoms with Gasteiger partial charge in [-0.25, -0.2) is 4.79 Å². The maximum absolute atomic E-state index is 12.7. The highest BCUT2D eigenvalue weighted by Gasteiger charge is 2.25. The fourth-order valence-electron chi connectivity index (χ4n) is 6.71. The van der Waals surface area contributed by atoms with E-state index in [1.165, 1.54) is 109 Å². The van der Waals surface area contributed by atoms with Crippen LogP contribution in [-0.4, -0.2) is 87.4 Å². The first kappa shape index (κ1) is 61.5. The smallest absolute Gasteiger partial charge is 0.361 e. The van der Waals surface area contributed by atoms with Crippen LogP contribution in [0.1, 0.15) is 194 Å². The van der Waals surface area contributed by atoms with E-state index in [0.29, 0.717) is 17.4 Å². The summed E-state index contributed by atoms with van der Waals surface area (Å²) >= 11 is 0. The Hall–Kier alpha value is -3.53. The number of carbonyl (C=O) groups excluding carboxylic acids is 2. The summed E-state index contributed by atoms with van der Waals surface area (Å²) in [7, 11) is 5.92. The maximum Gasteiger partial charge on any atom is 0.361 e. The number of hydrogen-bond acceptors (Lipinski definition) is 7. The van der Waals surface area contributed by atoms with Crippen molar-refractivity contribution in [2.75, 3.05) is 47.5 Å². The molecule has 0 bridgehead atoms. The molecule has 0 amide bonds. The van der Waals surface area contributed by atoms with E-state index in [9.17, 15) is 19.5 Å². The molecule has 0 aromatic rings. The van der Waals surface area contributed by atoms with Crippen molar-refractivity contribution < 1.29 is 42.9 Å². The van der Waals surface area contributed by atoms with Gasteiger partial charge in [-0.3, -0.25) is 9.59 Å². The highest BCUT2D eigenvalue weighted by Crippen LogP contribution is 2.15. The third kappa shape index (κ3) is 48.2. The summed E-state index contributed by atoms with van der Waals surface area (Å²) in [5.41, 5.74) is 0. The lowest BCUT2D eigenvalue weighted by Crippen LogP contribution is -2.40. The molecule has 9 nitrogen and oxygen atoms in total. The summed E-state index contributed by atoms with van der Waals surface area (Å²) in [6.07, 6.45) is 58.3. The highest BCUT2D eigenvalue weighted by atomic mass is 16.7. The van der Waals surface area contributed by atoms with Crippen molar-refractivity contribution in [3.05, 3.63) is 85.1 Å². The number of hydrogen-bond donors (Lipinski definition) is 1. The van der Waals surface area contributed by atoms with Crippen LogP contribution in [0.3, 0.4) is 0 Å². The van der Waals surface area contributed by atoms with Crippen LogP contribution in [-0.2, 0) is 33.3 Å². The van der Waals surface area contributed by atoms with E-state index in [2.05, 4.69) is 80.7 Å². The van der Waals surface area contributed by atoms with E-state index in [4.69, 9.17) is 18.9 Å². The molecule has 2 unspecified atom stereocenters. The molecule has 0 aliphatic heterocycles. The number of likely N-dealkylation sites (N-methyl/N-ethyl adjacent to an activating group) is 1. The fourth-order valence-corrected chi connectivity index (χ4v) is 6.71. The topological polar surface area (TPSA) is 108 Å². The van der Waals surface area contributed by atoms with Crippen LogP contribution in [0.25, 0.3) is 0 Å². The Balaban J connectivity index is 4.35. The van der Waals surface area contributed by atoms with Crippen LogP contribution in [0, 0.1) is 0 Å². The first-order valence-electron chi connectivity index (χ1n) is 25.8. The molecule has 0 saturated carbocycles. The summed E-state index contributed by atoms with van der Waals surface area (Å²) in [6.45, 7) is 4.63. The molecule has 0 aliphatic carbocycles. The third-order valence-corrected chi connectivity index (χ3v) is 10.7. The first-order chi connectivity index (χ1) is 31.6. The third-order valence-electron chi connectivity index (χ3n) is 10.7. The zero-order valence-electron chi connectivity index (χ0n) is 42.1. The van der Waals surface area contributed by atoms with Gasteiger partial charge in [0.2, 0.25) is 0 Å². The van der Waals surface area contributed by atoms with Gasteiger partial charge in [0.05, 0.1) is 40.8 Å². The van der Waals surface area contributed by atoms with Gasteiger partial charge >= 0.3 is 17.9 Å². The van der Waals surface area contributed by atoms with E-state index in [-0.39, 0.29) is 38.6 Å². The van der Waals surface area contributed by atoms with Crippen molar-refractivity contribution in [1.29, 1.82) is 0 Å². The van der Waals surface area contributed by atoms with Crippen LogP contribution < -0.4 is 0 Å². The lowest BCUT2D eigenvalue weighted by atomic mass is 10.0. The van der Waals surface area contributed by atoms with Gasteiger partial charge in [-0.15, -0.1) is 0 Å². The second-order valence-electron chi connectivity index (χ2n) is 18.1. The van der Waals surface area contributed by atoms with E-state index in [1.807, 2.05) is 33.3 Å². The molecule has 65 heavy (non-hydrogen) atoms. The van der Waals surface area contributed by atoms with E-state index >= 15 is 0 Å². The Labute approximate surface area is 398 Å². The molecule has 0 rings (SSSR count). The van der Waals surface area contributed by atoms with E-state index in [0.717, 1.165) is 51.4 Å². The standard InChI is InChI=1S/C56H95NO8/c1-6-8-10-12-14-16-18-20-22-23-24-25-26-27-28-29-30-31-33-34-36-38-40-42-44-46-53(58)63-50-52(51-64-56(55(60)61)62-49-48-57(3,4)5)65-54(59)47-45-43-41-39-37-35-32-21-19-17-15-13-11-9-7-2/h9,11,15,17-18,20-21,23-24,32,37,39,43,45,52,56H,6-8,10,12-14,16,19,22,25-31,33-36,38,40-42,44,46-51H2,1-5H3/p+1/b11-9-,17-15-,20-18-,24-23-,32-21-,39-37-,45-43-. The normalized spacial score (nSPS) is 13.6. The zero-order valence-corrected chi connectivity index (χ0v) is 42.1. The predicted octanol–water partition coefficient (Wildman–Crippen LogP) is 14.4. The summed E-state index contributed by atoms with van der Waals surface area (Å²) < 4.78 is 22.6. The second-order valence-corrected chi connectivity index (χ2v) is 18.1. The largest absolute Gasteiger partial charge is 0.477 e. The summed E-state index contributed by atoms with van der Waals surface area (Å²) in [5.74, 6) is -2.18. The molecule has 372 valence electrons. The number of carboxylic acids is 1. The number of nitrogens with zero attached hydrogens (tertiary/aromatic N) is 1. The Kier molecular flexibility index (Phi) is 44.4. The SMILES string of the molecule is CC/C=C\C/C=C\C/C=C\C/C=C\C/C=C\CC(=O)OC(COC(=O)CCCCCCCCCCCCCCC/C=C\C/C=C\CCCCCCC)COC(OCC[N+](C)(C)C)C(=O)O. The number of esters is 2. The van der Waals surface area contributed by atoms with Gasteiger partial charge in [-0.2, -0.15) is 0 Å². The van der Waals surface area contributed by atoms with Gasteiger partial charge in [-0.05, 0) is 70.6 Å². The van der Waals surface area contributed by atoms with Gasteiger partial charge in [0.25, 0.3) is 6.29 Å². The summed E-state index contributed by atoms with van der Waals surface area (Å²) in [6, 6.07) is 0. The molecular weight excluding hydrogens is 815 g/mol. The zero-order chi connectivity index (χ0) is 47.7. The van der Waals surface area contributed by atoms with Crippen LogP contribution in [0.15, 0.2) is 85.1 Å². The quantitative estimate of drug-likeness (QED) is 0.0211. The number of carbonyl (C=O) groups is 3. The molecule has 0 spiro atoms. The number of unbranched alkanes of at least 4 members (excludes halogenated alkanes) is 18. The van der Waals surface area contributed by atoms with Crippen molar-refractivity contribution in [3.63, 3.8) is 0 Å². The second kappa shape index (κ2) is 47.0. The molecule has 0 fully saturated rings. The van der Waals surface area contributed by atoms with Crippen LogP contribution in [0.5, 0.6) is 0 Å². The minimum absolute atomic E-state index is 0.0244. The number of carboxylic acid groups (broad SMARTS) is 1. The molecule has 0 aliphatic rings. The summed E-state index contributed by atoms with van der Waals surface area (Å²) in [4.78, 5) is 37.2. The van der Waals surface area contributed by atoms with Crippen molar-refractivity contribution in [2.24, 2.45) is 0 Å². The van der Waals surface area contributed by atoms with Gasteiger partial charge in [0.15, 0.2) is 6.10 Å². The predicted molar refractivity (Wildman–Crippen MR) is 272 cm³/mol. The number of ether oxygens (including phenoxy) is 4. The Bertz CT molecular complexity index is 1340. The Morgan fingerprint density at radius 1 is 0.492 bits per heavy atom. The molecule has 2 atom stereocenters. The van der Waals surface area contributed by atoms with Crippen LogP contribution in [0.2, 0.25) is 0 Å². The molecule has 0 aromatic heterocycles. The Morgan fingerprint density at radius 2 is 0.923 bits per heavy atom. The molecular formula is C56H96NO8+. The maximum atomic E-state index is 12.7. The minimum Gasteiger partial charge on any atom is -0.477 e. The van der Waals surface area contributed by atoms with Gasteiger partial charge in [0, 0.05) is 6.42 Å². The minimum atomic E-state index is -1.54. The van der Waals surface area contributed by atoms with E-state index in [1.54, 1.807) is 6.08 Å². The molecule has 9 heteroatoms. The van der Waals surface area contributed by atoms with Crippen molar-refractivity contribution in [1.82, 2.24) is 0 Å². The average molecular weight is 911 g/mol. The number of allylic oxidation sites excluding steroid dienone is 13. The Morgan fingerprint density at radius 3 is 1.38 bits per heavy atom. The van der Waals surface area contributed by atoms with Gasteiger partial charge in [0.1, 0.15) is 13.2 Å². The van der Waals surface area contributed by atoms with Crippen molar-refractivity contribution in [2.45, 2.75) is 206 Å². The fraction of sp³-hybridized carbons (Fsp3) is 0.696. The average Bonchev–Trinajstić information content (AvgIpc) is 3.27. The summed E-state index contributed by atoms with van der Waals surface area (Å²) in [5, 5.41) is 9.65. The van der Waals surface area contributed by atoms with Crippen LogP contribution >= 0.6 is 0 Å². The lowest BCUT2D eigenvalue weighted by Gasteiger charge is -2.25. The molecule has 0 aromatic carbocycles. The van der Waals surface area contributed by atoms with Crippen molar-refractivity contribution in [3.8, 4) is 0 Å². The number of aliphatic carboxylic acids is 1. The molecule has 0 saturated heterocycles. The van der Waals surface area contributed by atoms with Gasteiger partial charge < -0.3 is 28.5 Å². The molecule has 0 radical (unpaired) electrons. The van der Waals surface area contributed by atoms with E-state index < -0.39 is 24.3 Å². The highest BCUT2D eigenvalue weighted by molar-refractivity contribution is 5.72. The molecule has 0 heterocycles. The van der Waals surface area contributed by atoms with Crippen LogP contribution in [0.4, 0.5) is 0 Å². The van der Waals surface area contributed by atoms with Gasteiger partial charge in [-0.1, -0.05) is 195 Å². The number of quaternary nitrogens is 1. The first-order valence-corrected chi connectivity index (χ1v) is 25.8. The molecule has 1 N–H and O–H groups in total. The lowest BCUT2D eigenvalue weighted by molar-refractivity contribution is -0.870. The monoisotopic (exact) mass is 911 g/mol. The number of rotatable bonds is 46. The van der Waals surface area contributed by atoms with Crippen molar-refractivity contribution >= 4 is 17.9 Å².